The van der Waals surface area contributed by atoms with Gasteiger partial charge >= 0.3 is 11.9 Å². The Hall–Kier alpha value is -1.18. The van der Waals surface area contributed by atoms with Crippen molar-refractivity contribution in [2.45, 2.75) is 64.9 Å². The molecule has 0 unspecified atom stereocenters. The molecule has 8 rings (SSSR count). The standard InChI is InChI=1S/C26H25Br3O4/c1-24(2)25(3)8-9-26(24,33-22(25)30)23(31)32-21-13-16-5-4-14-10-19(28)15(11-18(14)27)6-7-17(21)12-20(16)29/h10-13H,4-9H2,1-3H3/t25-,26-/m0/s1. The van der Waals surface area contributed by atoms with Gasteiger partial charge in [-0.1, -0.05) is 61.6 Å². The number of carbonyl (C=O) groups is 2. The van der Waals surface area contributed by atoms with Gasteiger partial charge in [-0.25, -0.2) is 4.79 Å². The van der Waals surface area contributed by atoms with Gasteiger partial charge in [0.15, 0.2) is 0 Å². The van der Waals surface area contributed by atoms with Crippen LogP contribution in [0.15, 0.2) is 37.7 Å². The zero-order valence-corrected chi connectivity index (χ0v) is 23.6. The van der Waals surface area contributed by atoms with E-state index in [4.69, 9.17) is 9.47 Å². The Balaban J connectivity index is 1.51. The lowest BCUT2D eigenvalue weighted by Crippen LogP contribution is -2.50. The summed E-state index contributed by atoms with van der Waals surface area (Å²) < 4.78 is 15.1. The summed E-state index contributed by atoms with van der Waals surface area (Å²) in [5, 5.41) is 0. The lowest BCUT2D eigenvalue weighted by molar-refractivity contribution is -0.176. The molecule has 4 nitrogen and oxygen atoms in total. The predicted octanol–water partition coefficient (Wildman–Crippen LogP) is 6.89. The van der Waals surface area contributed by atoms with Crippen LogP contribution in [0.1, 0.15) is 55.9 Å². The van der Waals surface area contributed by atoms with Crippen molar-refractivity contribution in [1.29, 1.82) is 0 Å². The summed E-state index contributed by atoms with van der Waals surface area (Å²) in [6.07, 6.45) is 4.26. The molecular formula is C26H25Br3O4. The molecule has 33 heavy (non-hydrogen) atoms. The molecule has 1 aliphatic heterocycles. The summed E-state index contributed by atoms with van der Waals surface area (Å²) in [6, 6.07) is 8.40. The molecular weight excluding hydrogens is 616 g/mol. The van der Waals surface area contributed by atoms with Gasteiger partial charge in [-0.05, 0) is 92.0 Å². The molecule has 1 saturated heterocycles. The maximum atomic E-state index is 13.6. The first-order chi connectivity index (χ1) is 15.5. The van der Waals surface area contributed by atoms with Crippen molar-refractivity contribution >= 4 is 59.7 Å². The Bertz CT molecular complexity index is 1200. The average Bonchev–Trinajstić information content (AvgIpc) is 3.04. The molecule has 0 spiro atoms. The van der Waals surface area contributed by atoms with Gasteiger partial charge in [-0.3, -0.25) is 4.79 Å². The van der Waals surface area contributed by atoms with E-state index in [9.17, 15) is 9.59 Å². The van der Waals surface area contributed by atoms with Gasteiger partial charge in [0, 0.05) is 18.8 Å². The molecule has 0 radical (unpaired) electrons. The summed E-state index contributed by atoms with van der Waals surface area (Å²) in [5.41, 5.74) is 1.91. The quantitative estimate of drug-likeness (QED) is 0.265. The summed E-state index contributed by atoms with van der Waals surface area (Å²) in [4.78, 5) is 26.3. The fourth-order valence-corrected chi connectivity index (χ4v) is 7.32. The monoisotopic (exact) mass is 638 g/mol. The van der Waals surface area contributed by atoms with Crippen LogP contribution in [-0.2, 0) is 40.0 Å². The Morgan fingerprint density at radius 2 is 1.30 bits per heavy atom. The van der Waals surface area contributed by atoms with Gasteiger partial charge in [0.1, 0.15) is 5.75 Å². The number of hydrogen-bond donors (Lipinski definition) is 0. The van der Waals surface area contributed by atoms with Crippen LogP contribution < -0.4 is 4.74 Å². The van der Waals surface area contributed by atoms with Crippen molar-refractivity contribution in [3.63, 3.8) is 0 Å². The number of halogens is 3. The minimum absolute atomic E-state index is 0.298. The third kappa shape index (κ3) is 3.40. The number of fused-ring (bicyclic) bond motifs is 2. The molecule has 2 aromatic rings. The first-order valence-corrected chi connectivity index (χ1v) is 13.6. The number of rotatable bonds is 2. The topological polar surface area (TPSA) is 52.6 Å². The largest absolute Gasteiger partial charge is 0.446 e. The van der Waals surface area contributed by atoms with Crippen LogP contribution in [-0.4, -0.2) is 17.5 Å². The predicted molar refractivity (Wildman–Crippen MR) is 136 cm³/mol. The van der Waals surface area contributed by atoms with E-state index in [-0.39, 0.29) is 5.97 Å². The lowest BCUT2D eigenvalue weighted by atomic mass is 9.66. The minimum atomic E-state index is -1.24. The molecule has 0 amide bonds. The first kappa shape index (κ1) is 23.6. The van der Waals surface area contributed by atoms with E-state index < -0.39 is 22.4 Å². The SMILES string of the molecule is CC1(C)[C@@]2(C)CC[C@@]1(C(=O)Oc1cc3c(Br)cc1CCc1cc(Br)c(cc1Br)CC3)OC2=O. The Morgan fingerprint density at radius 1 is 0.818 bits per heavy atom. The van der Waals surface area contributed by atoms with Crippen LogP contribution in [0.2, 0.25) is 0 Å². The molecule has 6 aliphatic rings. The van der Waals surface area contributed by atoms with Crippen LogP contribution in [0.3, 0.4) is 0 Å². The highest BCUT2D eigenvalue weighted by molar-refractivity contribution is 9.11. The number of aryl methyl sites for hydroxylation is 4. The fraction of sp³-hybridized carbons (Fsp3) is 0.462. The maximum absolute atomic E-state index is 13.6. The summed E-state index contributed by atoms with van der Waals surface area (Å²) >= 11 is 11.2. The molecule has 2 atom stereocenters. The van der Waals surface area contributed by atoms with Crippen molar-refractivity contribution in [2.24, 2.45) is 10.8 Å². The zero-order valence-electron chi connectivity index (χ0n) is 18.8. The summed E-state index contributed by atoms with van der Waals surface area (Å²) in [6.45, 7) is 5.80. The second kappa shape index (κ2) is 7.92. The van der Waals surface area contributed by atoms with E-state index >= 15 is 0 Å². The molecule has 7 heteroatoms. The van der Waals surface area contributed by atoms with Crippen LogP contribution >= 0.6 is 47.8 Å². The number of hydrogen-bond acceptors (Lipinski definition) is 4. The van der Waals surface area contributed by atoms with Gasteiger partial charge in [0.2, 0.25) is 5.60 Å². The van der Waals surface area contributed by atoms with Crippen LogP contribution in [0.5, 0.6) is 5.75 Å². The van der Waals surface area contributed by atoms with E-state index in [1.54, 1.807) is 0 Å². The highest BCUT2D eigenvalue weighted by Crippen LogP contribution is 2.65. The highest BCUT2D eigenvalue weighted by Gasteiger charge is 2.76. The Kier molecular flexibility index (Phi) is 5.65. The molecule has 1 saturated carbocycles. The van der Waals surface area contributed by atoms with E-state index in [0.717, 1.165) is 43.8 Å². The Labute approximate surface area is 219 Å². The van der Waals surface area contributed by atoms with Crippen molar-refractivity contribution in [3.8, 4) is 5.75 Å². The third-order valence-electron chi connectivity index (χ3n) is 8.39. The molecule has 6 bridgehead atoms. The molecule has 1 heterocycles. The second-order valence-electron chi connectivity index (χ2n) is 10.1. The fourth-order valence-electron chi connectivity index (χ4n) is 5.55. The van der Waals surface area contributed by atoms with E-state index in [1.165, 1.54) is 11.1 Å². The molecule has 174 valence electrons. The lowest BCUT2D eigenvalue weighted by Gasteiger charge is -2.34. The van der Waals surface area contributed by atoms with Crippen molar-refractivity contribution in [3.05, 3.63) is 59.9 Å². The zero-order chi connectivity index (χ0) is 23.8. The normalized spacial score (nSPS) is 27.3. The van der Waals surface area contributed by atoms with Crippen LogP contribution in [0, 0.1) is 10.8 Å². The molecule has 5 aliphatic carbocycles. The van der Waals surface area contributed by atoms with Crippen molar-refractivity contribution in [1.82, 2.24) is 0 Å². The van der Waals surface area contributed by atoms with Crippen molar-refractivity contribution < 1.29 is 19.1 Å². The first-order valence-electron chi connectivity index (χ1n) is 11.2. The van der Waals surface area contributed by atoms with Gasteiger partial charge in [-0.15, -0.1) is 0 Å². The van der Waals surface area contributed by atoms with Gasteiger partial charge in [-0.2, -0.15) is 0 Å². The number of carbonyl (C=O) groups excluding carboxylic acids is 2. The minimum Gasteiger partial charge on any atom is -0.446 e. The molecule has 2 fully saturated rings. The van der Waals surface area contributed by atoms with Crippen LogP contribution in [0.25, 0.3) is 0 Å². The van der Waals surface area contributed by atoms with E-state index in [2.05, 4.69) is 66.0 Å². The summed E-state index contributed by atoms with van der Waals surface area (Å²) in [7, 11) is 0. The molecule has 0 aromatic heterocycles. The van der Waals surface area contributed by atoms with Crippen molar-refractivity contribution in [2.75, 3.05) is 0 Å². The van der Waals surface area contributed by atoms with Gasteiger partial charge in [0.05, 0.1) is 5.41 Å². The number of esters is 2. The van der Waals surface area contributed by atoms with Crippen LogP contribution in [0.4, 0.5) is 0 Å². The molecule has 0 N–H and O–H groups in total. The van der Waals surface area contributed by atoms with E-state index in [1.807, 2.05) is 26.8 Å². The second-order valence-corrected chi connectivity index (χ2v) is 12.7. The number of benzene rings is 2. The smallest absolute Gasteiger partial charge is 0.356 e. The van der Waals surface area contributed by atoms with Gasteiger partial charge < -0.3 is 9.47 Å². The maximum Gasteiger partial charge on any atom is 0.356 e. The van der Waals surface area contributed by atoms with Gasteiger partial charge in [0.25, 0.3) is 0 Å². The third-order valence-corrected chi connectivity index (χ3v) is 10.6. The molecule has 2 aromatic carbocycles. The number of ether oxygens (including phenoxy) is 2. The van der Waals surface area contributed by atoms with E-state index in [0.29, 0.717) is 25.0 Å². The summed E-state index contributed by atoms with van der Waals surface area (Å²) in [5.74, 6) is -0.200. The average molecular weight is 641 g/mol. The highest BCUT2D eigenvalue weighted by atomic mass is 79.9. The Morgan fingerprint density at radius 3 is 1.79 bits per heavy atom.